The molecule has 0 fully saturated rings. The fraction of sp³-hybridized carbons (Fsp3) is 0.455. The second-order valence-corrected chi connectivity index (χ2v) is 3.97. The highest BCUT2D eigenvalue weighted by molar-refractivity contribution is 5.36. The van der Waals surface area contributed by atoms with Crippen LogP contribution >= 0.6 is 0 Å². The summed E-state index contributed by atoms with van der Waals surface area (Å²) in [6.45, 7) is 5.99. The molecule has 0 aromatic heterocycles. The van der Waals surface area contributed by atoms with E-state index in [4.69, 9.17) is 4.74 Å². The number of nitro benzene ring substituents is 1. The molecule has 0 heterocycles. The van der Waals surface area contributed by atoms with E-state index in [1.807, 2.05) is 20.8 Å². The Hall–Kier alpha value is -1.58. The van der Waals surface area contributed by atoms with E-state index in [1.54, 1.807) is 12.1 Å². The molecular weight excluding hydrogens is 194 g/mol. The van der Waals surface area contributed by atoms with Crippen LogP contribution in [0.15, 0.2) is 24.3 Å². The summed E-state index contributed by atoms with van der Waals surface area (Å²) >= 11 is 0. The number of non-ortho nitro benzene ring substituents is 1. The van der Waals surface area contributed by atoms with E-state index >= 15 is 0 Å². The number of ether oxygens (including phenoxy) is 1. The van der Waals surface area contributed by atoms with Gasteiger partial charge in [0.2, 0.25) is 0 Å². The first-order valence-electron chi connectivity index (χ1n) is 4.88. The van der Waals surface area contributed by atoms with E-state index in [1.165, 1.54) is 12.1 Å². The van der Waals surface area contributed by atoms with Gasteiger partial charge in [-0.3, -0.25) is 10.1 Å². The lowest BCUT2D eigenvalue weighted by molar-refractivity contribution is -0.384. The fourth-order valence-corrected chi connectivity index (χ4v) is 1.03. The molecule has 0 saturated carbocycles. The van der Waals surface area contributed by atoms with Crippen LogP contribution in [-0.2, 0) is 0 Å². The van der Waals surface area contributed by atoms with Crippen molar-refractivity contribution in [3.05, 3.63) is 34.4 Å². The van der Waals surface area contributed by atoms with Gasteiger partial charge >= 0.3 is 0 Å². The Morgan fingerprint density at radius 3 is 2.27 bits per heavy atom. The Balaban J connectivity index is 2.77. The van der Waals surface area contributed by atoms with Crippen LogP contribution in [0.2, 0.25) is 0 Å². The second-order valence-electron chi connectivity index (χ2n) is 3.97. The molecule has 4 heteroatoms. The molecule has 4 nitrogen and oxygen atoms in total. The van der Waals surface area contributed by atoms with Crippen molar-refractivity contribution in [3.8, 4) is 5.75 Å². The maximum absolute atomic E-state index is 10.4. The highest BCUT2D eigenvalue weighted by Crippen LogP contribution is 2.23. The number of hydrogen-bond acceptors (Lipinski definition) is 3. The van der Waals surface area contributed by atoms with Gasteiger partial charge in [0.1, 0.15) is 11.4 Å². The van der Waals surface area contributed by atoms with Crippen LogP contribution in [0.3, 0.4) is 0 Å². The van der Waals surface area contributed by atoms with Gasteiger partial charge in [0.05, 0.1) is 4.92 Å². The monoisotopic (exact) mass is 209 g/mol. The zero-order valence-electron chi connectivity index (χ0n) is 9.19. The van der Waals surface area contributed by atoms with Crippen molar-refractivity contribution < 1.29 is 9.66 Å². The largest absolute Gasteiger partial charge is 0.488 e. The van der Waals surface area contributed by atoms with E-state index in [-0.39, 0.29) is 11.3 Å². The van der Waals surface area contributed by atoms with Crippen molar-refractivity contribution in [2.24, 2.45) is 0 Å². The average molecular weight is 209 g/mol. The molecule has 1 rings (SSSR count). The fourth-order valence-electron chi connectivity index (χ4n) is 1.03. The molecule has 1 aromatic rings. The first-order valence-corrected chi connectivity index (χ1v) is 4.88. The van der Waals surface area contributed by atoms with Crippen LogP contribution in [-0.4, -0.2) is 10.5 Å². The summed E-state index contributed by atoms with van der Waals surface area (Å²) in [5.41, 5.74) is -0.160. The molecule has 0 unspecified atom stereocenters. The van der Waals surface area contributed by atoms with Crippen LogP contribution in [0.25, 0.3) is 0 Å². The predicted octanol–water partition coefficient (Wildman–Crippen LogP) is 3.16. The number of hydrogen-bond donors (Lipinski definition) is 0. The molecule has 0 N–H and O–H groups in total. The second kappa shape index (κ2) is 4.29. The molecular formula is C11H15NO3. The minimum absolute atomic E-state index is 0.0802. The summed E-state index contributed by atoms with van der Waals surface area (Å²) in [4.78, 5) is 10.00. The van der Waals surface area contributed by atoms with E-state index in [2.05, 4.69) is 0 Å². The van der Waals surface area contributed by atoms with Crippen molar-refractivity contribution in [2.75, 3.05) is 0 Å². The average Bonchev–Trinajstić information content (AvgIpc) is 2.18. The maximum atomic E-state index is 10.4. The first kappa shape index (κ1) is 11.5. The molecule has 0 atom stereocenters. The Bertz CT molecular complexity index is 343. The van der Waals surface area contributed by atoms with Gasteiger partial charge in [-0.1, -0.05) is 6.92 Å². The molecule has 1 aromatic carbocycles. The third-order valence-electron chi connectivity index (χ3n) is 2.29. The molecule has 0 aliphatic rings. The molecule has 15 heavy (non-hydrogen) atoms. The van der Waals surface area contributed by atoms with E-state index in [9.17, 15) is 10.1 Å². The lowest BCUT2D eigenvalue weighted by Gasteiger charge is -2.24. The highest BCUT2D eigenvalue weighted by Gasteiger charge is 2.17. The number of nitrogens with zero attached hydrogens (tertiary/aromatic N) is 1. The van der Waals surface area contributed by atoms with Gasteiger partial charge in [-0.25, -0.2) is 0 Å². The van der Waals surface area contributed by atoms with Crippen molar-refractivity contribution in [1.29, 1.82) is 0 Å². The molecule has 0 radical (unpaired) electrons. The molecule has 0 saturated heterocycles. The van der Waals surface area contributed by atoms with Gasteiger partial charge < -0.3 is 4.74 Å². The number of rotatable bonds is 4. The lowest BCUT2D eigenvalue weighted by atomic mass is 10.1. The number of nitro groups is 1. The third kappa shape index (κ3) is 3.23. The van der Waals surface area contributed by atoms with Crippen molar-refractivity contribution in [2.45, 2.75) is 32.8 Å². The Labute approximate surface area is 89.0 Å². The standard InChI is InChI=1S/C11H15NO3/c1-4-11(2,3)15-10-7-5-9(6-8-10)12(13)14/h5-8H,4H2,1-3H3. The van der Waals surface area contributed by atoms with Gasteiger partial charge in [-0.05, 0) is 32.4 Å². The summed E-state index contributed by atoms with van der Waals surface area (Å²) in [6.07, 6.45) is 0.879. The Morgan fingerprint density at radius 1 is 1.33 bits per heavy atom. The summed E-state index contributed by atoms with van der Waals surface area (Å²) in [5, 5.41) is 10.4. The van der Waals surface area contributed by atoms with Crippen molar-refractivity contribution in [3.63, 3.8) is 0 Å². The van der Waals surface area contributed by atoms with Gasteiger partial charge in [0, 0.05) is 12.1 Å². The zero-order chi connectivity index (χ0) is 11.5. The van der Waals surface area contributed by atoms with Gasteiger partial charge in [0.15, 0.2) is 0 Å². The minimum Gasteiger partial charge on any atom is -0.488 e. The summed E-state index contributed by atoms with van der Waals surface area (Å²) < 4.78 is 5.66. The van der Waals surface area contributed by atoms with Crippen LogP contribution in [0, 0.1) is 10.1 Å². The van der Waals surface area contributed by atoms with E-state index in [0.717, 1.165) is 6.42 Å². The van der Waals surface area contributed by atoms with Crippen LogP contribution < -0.4 is 4.74 Å². The smallest absolute Gasteiger partial charge is 0.269 e. The molecule has 0 spiro atoms. The molecule has 0 bridgehead atoms. The molecule has 0 aliphatic heterocycles. The van der Waals surface area contributed by atoms with E-state index < -0.39 is 4.92 Å². The molecule has 82 valence electrons. The topological polar surface area (TPSA) is 52.4 Å². The minimum atomic E-state index is -0.422. The molecule has 0 aliphatic carbocycles. The van der Waals surface area contributed by atoms with Gasteiger partial charge in [0.25, 0.3) is 5.69 Å². The summed E-state index contributed by atoms with van der Waals surface area (Å²) in [5.74, 6) is 0.660. The summed E-state index contributed by atoms with van der Waals surface area (Å²) in [6, 6.07) is 6.13. The van der Waals surface area contributed by atoms with E-state index in [0.29, 0.717) is 5.75 Å². The SMILES string of the molecule is CCC(C)(C)Oc1ccc([N+](=O)[O-])cc1. The third-order valence-corrected chi connectivity index (χ3v) is 2.29. The summed E-state index contributed by atoms with van der Waals surface area (Å²) in [7, 11) is 0. The van der Waals surface area contributed by atoms with Crippen LogP contribution in [0.5, 0.6) is 5.75 Å². The quantitative estimate of drug-likeness (QED) is 0.565. The maximum Gasteiger partial charge on any atom is 0.269 e. The van der Waals surface area contributed by atoms with Gasteiger partial charge in [-0.15, -0.1) is 0 Å². The van der Waals surface area contributed by atoms with Crippen molar-refractivity contribution >= 4 is 5.69 Å². The van der Waals surface area contributed by atoms with Crippen molar-refractivity contribution in [1.82, 2.24) is 0 Å². The highest BCUT2D eigenvalue weighted by atomic mass is 16.6. The zero-order valence-corrected chi connectivity index (χ0v) is 9.19. The Kier molecular flexibility index (Phi) is 3.29. The Morgan fingerprint density at radius 2 is 1.87 bits per heavy atom. The van der Waals surface area contributed by atoms with Gasteiger partial charge in [-0.2, -0.15) is 0 Å². The van der Waals surface area contributed by atoms with Crippen LogP contribution in [0.4, 0.5) is 5.69 Å². The predicted molar refractivity (Wildman–Crippen MR) is 58.1 cm³/mol. The normalized spacial score (nSPS) is 11.1. The lowest BCUT2D eigenvalue weighted by Crippen LogP contribution is -2.26. The molecule has 0 amide bonds. The van der Waals surface area contributed by atoms with Crippen LogP contribution in [0.1, 0.15) is 27.2 Å². The number of benzene rings is 1. The first-order chi connectivity index (χ1) is 6.94.